The number of hydrogen-bond donors (Lipinski definition) is 1. The summed E-state index contributed by atoms with van der Waals surface area (Å²) in [6.45, 7) is 6.38. The molecule has 5 nitrogen and oxygen atoms in total. The van der Waals surface area contributed by atoms with Gasteiger partial charge in [-0.2, -0.15) is 0 Å². The molecule has 0 spiro atoms. The van der Waals surface area contributed by atoms with Crippen LogP contribution in [-0.2, 0) is 9.59 Å². The number of carbonyl (C=O) groups is 2. The molecule has 0 unspecified atom stereocenters. The second kappa shape index (κ2) is 7.25. The number of amides is 2. The summed E-state index contributed by atoms with van der Waals surface area (Å²) in [4.78, 5) is 28.5. The third-order valence-corrected chi connectivity index (χ3v) is 4.52. The van der Waals surface area contributed by atoms with Crippen LogP contribution in [0.4, 0.5) is 0 Å². The highest BCUT2D eigenvalue weighted by molar-refractivity contribution is 5.89. The lowest BCUT2D eigenvalue weighted by atomic mass is 9.96. The zero-order valence-corrected chi connectivity index (χ0v) is 13.3. The normalized spacial score (nSPS) is 26.8. The first-order valence-electron chi connectivity index (χ1n) is 8.22. The van der Waals surface area contributed by atoms with Gasteiger partial charge in [-0.3, -0.25) is 9.59 Å². The standard InChI is InChI=1S/C16H28N2O3/c1-12(2)10-17-11-13(9-15(17)20)16(21)18-7-4-3-5-14(18)6-8-19/h12-14,19H,3-11H2,1-2H3/t13-,14-/m1/s1. The van der Waals surface area contributed by atoms with Crippen molar-refractivity contribution in [3.8, 4) is 0 Å². The summed E-state index contributed by atoms with van der Waals surface area (Å²) in [5, 5.41) is 9.17. The number of aliphatic hydroxyl groups excluding tert-OH is 1. The number of carbonyl (C=O) groups excluding carboxylic acids is 2. The molecule has 0 aromatic heterocycles. The summed E-state index contributed by atoms with van der Waals surface area (Å²) in [6.07, 6.45) is 4.14. The van der Waals surface area contributed by atoms with Gasteiger partial charge in [0.15, 0.2) is 0 Å². The van der Waals surface area contributed by atoms with Crippen LogP contribution in [0, 0.1) is 11.8 Å². The smallest absolute Gasteiger partial charge is 0.228 e. The van der Waals surface area contributed by atoms with Crippen LogP contribution in [0.15, 0.2) is 0 Å². The van der Waals surface area contributed by atoms with E-state index in [1.54, 1.807) is 0 Å². The maximum absolute atomic E-state index is 12.7. The highest BCUT2D eigenvalue weighted by atomic mass is 16.3. The van der Waals surface area contributed by atoms with Crippen LogP contribution >= 0.6 is 0 Å². The van der Waals surface area contributed by atoms with Crippen LogP contribution < -0.4 is 0 Å². The minimum absolute atomic E-state index is 0.109. The van der Waals surface area contributed by atoms with Crippen molar-refractivity contribution in [3.05, 3.63) is 0 Å². The van der Waals surface area contributed by atoms with Gasteiger partial charge in [-0.15, -0.1) is 0 Å². The molecular weight excluding hydrogens is 268 g/mol. The first-order chi connectivity index (χ1) is 10.0. The van der Waals surface area contributed by atoms with E-state index in [-0.39, 0.29) is 30.4 Å². The average molecular weight is 296 g/mol. The predicted octanol–water partition coefficient (Wildman–Crippen LogP) is 1.25. The van der Waals surface area contributed by atoms with E-state index in [9.17, 15) is 9.59 Å². The first-order valence-corrected chi connectivity index (χ1v) is 8.22. The Morgan fingerprint density at radius 1 is 1.38 bits per heavy atom. The van der Waals surface area contributed by atoms with Gasteiger partial charge in [0.05, 0.1) is 5.92 Å². The molecule has 1 N–H and O–H groups in total. The van der Waals surface area contributed by atoms with E-state index in [0.29, 0.717) is 25.3 Å². The maximum Gasteiger partial charge on any atom is 0.228 e. The molecule has 0 aliphatic carbocycles. The highest BCUT2D eigenvalue weighted by Gasteiger charge is 2.38. The molecule has 0 aromatic carbocycles. The number of aliphatic hydroxyl groups is 1. The van der Waals surface area contributed by atoms with Gasteiger partial charge in [-0.1, -0.05) is 13.8 Å². The molecule has 2 saturated heterocycles. The average Bonchev–Trinajstić information content (AvgIpc) is 2.80. The minimum atomic E-state index is -0.185. The largest absolute Gasteiger partial charge is 0.396 e. The van der Waals surface area contributed by atoms with Crippen LogP contribution in [0.5, 0.6) is 0 Å². The Kier molecular flexibility index (Phi) is 5.62. The Morgan fingerprint density at radius 2 is 2.14 bits per heavy atom. The van der Waals surface area contributed by atoms with Gasteiger partial charge >= 0.3 is 0 Å². The Morgan fingerprint density at radius 3 is 2.81 bits per heavy atom. The number of likely N-dealkylation sites (tertiary alicyclic amines) is 2. The van der Waals surface area contributed by atoms with Gasteiger partial charge in [-0.25, -0.2) is 0 Å². The lowest BCUT2D eigenvalue weighted by Crippen LogP contribution is -2.47. The Balaban J connectivity index is 1.97. The second-order valence-corrected chi connectivity index (χ2v) is 6.79. The summed E-state index contributed by atoms with van der Waals surface area (Å²) < 4.78 is 0. The zero-order chi connectivity index (χ0) is 15.4. The van der Waals surface area contributed by atoms with E-state index in [0.717, 1.165) is 32.4 Å². The van der Waals surface area contributed by atoms with Crippen molar-refractivity contribution in [2.24, 2.45) is 11.8 Å². The summed E-state index contributed by atoms with van der Waals surface area (Å²) in [5.41, 5.74) is 0. The molecule has 0 saturated carbocycles. The predicted molar refractivity (Wildman–Crippen MR) is 80.6 cm³/mol. The Bertz CT molecular complexity index is 382. The summed E-state index contributed by atoms with van der Waals surface area (Å²) >= 11 is 0. The monoisotopic (exact) mass is 296 g/mol. The molecule has 120 valence electrons. The number of rotatable bonds is 5. The highest BCUT2D eigenvalue weighted by Crippen LogP contribution is 2.26. The van der Waals surface area contributed by atoms with Crippen molar-refractivity contribution in [3.63, 3.8) is 0 Å². The molecule has 2 fully saturated rings. The van der Waals surface area contributed by atoms with Crippen LogP contribution in [0.2, 0.25) is 0 Å². The molecule has 2 heterocycles. The number of piperidine rings is 1. The van der Waals surface area contributed by atoms with E-state index in [2.05, 4.69) is 13.8 Å². The molecule has 2 rings (SSSR count). The molecule has 0 radical (unpaired) electrons. The topological polar surface area (TPSA) is 60.9 Å². The lowest BCUT2D eigenvalue weighted by molar-refractivity contribution is -0.139. The summed E-state index contributed by atoms with van der Waals surface area (Å²) in [6, 6.07) is 0.158. The first kappa shape index (κ1) is 16.3. The van der Waals surface area contributed by atoms with Crippen molar-refractivity contribution in [2.75, 3.05) is 26.2 Å². The Hall–Kier alpha value is -1.10. The van der Waals surface area contributed by atoms with Crippen LogP contribution in [-0.4, -0.2) is 59.0 Å². The van der Waals surface area contributed by atoms with Crippen LogP contribution in [0.3, 0.4) is 0 Å². The van der Waals surface area contributed by atoms with Gasteiger partial charge < -0.3 is 14.9 Å². The third-order valence-electron chi connectivity index (χ3n) is 4.52. The molecule has 2 aliphatic heterocycles. The maximum atomic E-state index is 12.7. The third kappa shape index (κ3) is 3.96. The molecule has 0 aromatic rings. The number of hydrogen-bond acceptors (Lipinski definition) is 3. The molecule has 21 heavy (non-hydrogen) atoms. The van der Waals surface area contributed by atoms with E-state index < -0.39 is 0 Å². The van der Waals surface area contributed by atoms with Crippen molar-refractivity contribution >= 4 is 11.8 Å². The fourth-order valence-electron chi connectivity index (χ4n) is 3.53. The van der Waals surface area contributed by atoms with E-state index in [1.807, 2.05) is 9.80 Å². The van der Waals surface area contributed by atoms with Crippen LogP contribution in [0.25, 0.3) is 0 Å². The zero-order valence-electron chi connectivity index (χ0n) is 13.3. The summed E-state index contributed by atoms with van der Waals surface area (Å²) in [5.74, 6) is 0.473. The molecular formula is C16H28N2O3. The van der Waals surface area contributed by atoms with E-state index in [4.69, 9.17) is 5.11 Å². The molecule has 5 heteroatoms. The van der Waals surface area contributed by atoms with Gasteiger partial charge in [0.2, 0.25) is 11.8 Å². The van der Waals surface area contributed by atoms with Gasteiger partial charge in [0.1, 0.15) is 0 Å². The summed E-state index contributed by atoms with van der Waals surface area (Å²) in [7, 11) is 0. The lowest BCUT2D eigenvalue weighted by Gasteiger charge is -2.37. The van der Waals surface area contributed by atoms with Gasteiger partial charge in [0.25, 0.3) is 0 Å². The second-order valence-electron chi connectivity index (χ2n) is 6.79. The van der Waals surface area contributed by atoms with Crippen molar-refractivity contribution in [1.82, 2.24) is 9.80 Å². The quantitative estimate of drug-likeness (QED) is 0.831. The molecule has 2 atom stereocenters. The fraction of sp³-hybridized carbons (Fsp3) is 0.875. The van der Waals surface area contributed by atoms with E-state index >= 15 is 0 Å². The number of nitrogens with zero attached hydrogens (tertiary/aromatic N) is 2. The van der Waals surface area contributed by atoms with Gasteiger partial charge in [-0.05, 0) is 31.6 Å². The molecule has 2 amide bonds. The van der Waals surface area contributed by atoms with Crippen molar-refractivity contribution < 1.29 is 14.7 Å². The fourth-order valence-corrected chi connectivity index (χ4v) is 3.53. The molecule has 0 bridgehead atoms. The van der Waals surface area contributed by atoms with Crippen molar-refractivity contribution in [1.29, 1.82) is 0 Å². The van der Waals surface area contributed by atoms with Gasteiger partial charge in [0, 0.05) is 38.7 Å². The molecule has 2 aliphatic rings. The SMILES string of the molecule is CC(C)CN1C[C@H](C(=O)N2CCCC[C@@H]2CCO)CC1=O. The van der Waals surface area contributed by atoms with E-state index in [1.165, 1.54) is 0 Å². The van der Waals surface area contributed by atoms with Crippen molar-refractivity contribution in [2.45, 2.75) is 52.0 Å². The Labute approximate surface area is 127 Å². The van der Waals surface area contributed by atoms with Crippen LogP contribution in [0.1, 0.15) is 46.0 Å². The minimum Gasteiger partial charge on any atom is -0.396 e.